The normalized spacial score (nSPS) is 11.2. The molecule has 2 heteroatoms. The van der Waals surface area contributed by atoms with Gasteiger partial charge in [-0.05, 0) is 26.0 Å². The van der Waals surface area contributed by atoms with Crippen molar-refractivity contribution in [3.8, 4) is 0 Å². The molecule has 11 heavy (non-hydrogen) atoms. The van der Waals surface area contributed by atoms with Gasteiger partial charge in [-0.3, -0.25) is 0 Å². The number of nitrogens with one attached hydrogen (secondary N) is 1. The lowest BCUT2D eigenvalue weighted by atomic mass is 10.2. The first-order chi connectivity index (χ1) is 5.08. The van der Waals surface area contributed by atoms with E-state index in [0.29, 0.717) is 0 Å². The molecule has 0 aromatic heterocycles. The van der Waals surface area contributed by atoms with Gasteiger partial charge in [0.2, 0.25) is 0 Å². The third-order valence-electron chi connectivity index (χ3n) is 1.22. The van der Waals surface area contributed by atoms with E-state index in [0.717, 1.165) is 5.69 Å². The maximum atomic E-state index is 9.36. The van der Waals surface area contributed by atoms with Gasteiger partial charge in [-0.25, -0.2) is 0 Å². The van der Waals surface area contributed by atoms with Crippen LogP contribution in [0.5, 0.6) is 0 Å². The number of hydrogen-bond donors (Lipinski definition) is 2. The van der Waals surface area contributed by atoms with Gasteiger partial charge in [0.1, 0.15) is 5.72 Å². The fourth-order valence-corrected chi connectivity index (χ4v) is 0.875. The lowest BCUT2D eigenvalue weighted by molar-refractivity contribution is 0.111. The highest BCUT2D eigenvalue weighted by Crippen LogP contribution is 2.10. The summed E-state index contributed by atoms with van der Waals surface area (Å²) in [6, 6.07) is 9.62. The molecule has 0 spiro atoms. The van der Waals surface area contributed by atoms with Crippen LogP contribution in [-0.4, -0.2) is 10.8 Å². The van der Waals surface area contributed by atoms with Crippen LogP contribution in [0.3, 0.4) is 0 Å². The van der Waals surface area contributed by atoms with Crippen molar-refractivity contribution in [1.29, 1.82) is 0 Å². The monoisotopic (exact) mass is 151 g/mol. The van der Waals surface area contributed by atoms with Gasteiger partial charge in [0.05, 0.1) is 0 Å². The zero-order chi connectivity index (χ0) is 8.32. The van der Waals surface area contributed by atoms with E-state index in [-0.39, 0.29) is 0 Å². The molecule has 2 N–H and O–H groups in total. The standard InChI is InChI=1S/C9H13NO/c1-9(2,11)10-8-6-4-3-5-7-8/h3-7,10-11H,1-2H3. The van der Waals surface area contributed by atoms with Crippen molar-refractivity contribution >= 4 is 5.69 Å². The van der Waals surface area contributed by atoms with Crippen LogP contribution in [0.1, 0.15) is 13.8 Å². The molecule has 1 aromatic carbocycles. The topological polar surface area (TPSA) is 32.3 Å². The molecule has 0 fully saturated rings. The molecule has 0 atom stereocenters. The Labute approximate surface area is 66.9 Å². The fourth-order valence-electron chi connectivity index (χ4n) is 0.875. The van der Waals surface area contributed by atoms with Gasteiger partial charge in [0, 0.05) is 5.69 Å². The van der Waals surface area contributed by atoms with E-state index in [1.165, 1.54) is 0 Å². The maximum absolute atomic E-state index is 9.36. The molecule has 1 aromatic rings. The smallest absolute Gasteiger partial charge is 0.129 e. The SMILES string of the molecule is CC(C)(O)Nc1ccccc1. The summed E-state index contributed by atoms with van der Waals surface area (Å²) in [5.41, 5.74) is 0.0847. The van der Waals surface area contributed by atoms with Crippen molar-refractivity contribution in [3.05, 3.63) is 30.3 Å². The molecule has 0 saturated carbocycles. The average molecular weight is 151 g/mol. The predicted octanol–water partition coefficient (Wildman–Crippen LogP) is 1.83. The van der Waals surface area contributed by atoms with Gasteiger partial charge in [0.15, 0.2) is 0 Å². The molecule has 0 bridgehead atoms. The van der Waals surface area contributed by atoms with Crippen molar-refractivity contribution < 1.29 is 5.11 Å². The third kappa shape index (κ3) is 3.05. The van der Waals surface area contributed by atoms with Gasteiger partial charge in [0.25, 0.3) is 0 Å². The van der Waals surface area contributed by atoms with E-state index < -0.39 is 5.72 Å². The first-order valence-electron chi connectivity index (χ1n) is 3.63. The predicted molar refractivity (Wildman–Crippen MR) is 46.4 cm³/mol. The van der Waals surface area contributed by atoms with E-state index in [4.69, 9.17) is 0 Å². The first kappa shape index (κ1) is 8.08. The van der Waals surface area contributed by atoms with Crippen LogP contribution in [0, 0.1) is 0 Å². The Morgan fingerprint density at radius 3 is 2.18 bits per heavy atom. The highest BCUT2D eigenvalue weighted by molar-refractivity contribution is 5.43. The number of aliphatic hydroxyl groups is 1. The molecule has 2 nitrogen and oxygen atoms in total. The minimum Gasteiger partial charge on any atom is -0.372 e. The minimum absolute atomic E-state index is 0.846. The number of benzene rings is 1. The Hall–Kier alpha value is -1.02. The van der Waals surface area contributed by atoms with Crippen LogP contribution in [0.4, 0.5) is 5.69 Å². The fraction of sp³-hybridized carbons (Fsp3) is 0.333. The van der Waals surface area contributed by atoms with Crippen molar-refractivity contribution in [3.63, 3.8) is 0 Å². The second kappa shape index (κ2) is 2.93. The molecule has 1 rings (SSSR count). The molecule has 60 valence electrons. The van der Waals surface area contributed by atoms with Crippen LogP contribution in [-0.2, 0) is 0 Å². The highest BCUT2D eigenvalue weighted by Gasteiger charge is 2.09. The summed E-state index contributed by atoms with van der Waals surface area (Å²) in [6.45, 7) is 3.42. The molecule has 0 heterocycles. The number of para-hydroxylation sites is 1. The average Bonchev–Trinajstić information content (AvgIpc) is 1.85. The number of rotatable bonds is 2. The van der Waals surface area contributed by atoms with Gasteiger partial charge in [-0.2, -0.15) is 0 Å². The Balaban J connectivity index is 2.66. The van der Waals surface area contributed by atoms with E-state index in [1.54, 1.807) is 13.8 Å². The van der Waals surface area contributed by atoms with Crippen molar-refractivity contribution in [1.82, 2.24) is 0 Å². The van der Waals surface area contributed by atoms with Crippen LogP contribution in [0.25, 0.3) is 0 Å². The van der Waals surface area contributed by atoms with E-state index in [9.17, 15) is 5.11 Å². The van der Waals surface area contributed by atoms with Crippen LogP contribution >= 0.6 is 0 Å². The molecular formula is C9H13NO. The number of hydrogen-bond acceptors (Lipinski definition) is 2. The highest BCUT2D eigenvalue weighted by atomic mass is 16.3. The lowest BCUT2D eigenvalue weighted by Gasteiger charge is -2.20. The van der Waals surface area contributed by atoms with Crippen LogP contribution in [0.15, 0.2) is 30.3 Å². The van der Waals surface area contributed by atoms with Gasteiger partial charge in [-0.15, -0.1) is 0 Å². The summed E-state index contributed by atoms with van der Waals surface area (Å²) in [5.74, 6) is 0. The summed E-state index contributed by atoms with van der Waals surface area (Å²) in [7, 11) is 0. The maximum Gasteiger partial charge on any atom is 0.129 e. The first-order valence-corrected chi connectivity index (χ1v) is 3.63. The third-order valence-corrected chi connectivity index (χ3v) is 1.22. The van der Waals surface area contributed by atoms with E-state index in [2.05, 4.69) is 5.32 Å². The Kier molecular flexibility index (Phi) is 2.15. The van der Waals surface area contributed by atoms with E-state index in [1.807, 2.05) is 30.3 Å². The Morgan fingerprint density at radius 2 is 1.73 bits per heavy atom. The summed E-state index contributed by atoms with van der Waals surface area (Å²) >= 11 is 0. The van der Waals surface area contributed by atoms with Crippen LogP contribution < -0.4 is 5.32 Å². The van der Waals surface area contributed by atoms with Crippen molar-refractivity contribution in [2.24, 2.45) is 0 Å². The van der Waals surface area contributed by atoms with Crippen molar-refractivity contribution in [2.45, 2.75) is 19.6 Å². The van der Waals surface area contributed by atoms with Gasteiger partial charge < -0.3 is 10.4 Å². The summed E-state index contributed by atoms with van der Waals surface area (Å²) in [6.07, 6.45) is 0. The summed E-state index contributed by atoms with van der Waals surface area (Å²) in [4.78, 5) is 0. The summed E-state index contributed by atoms with van der Waals surface area (Å²) < 4.78 is 0. The number of anilines is 1. The zero-order valence-electron chi connectivity index (χ0n) is 6.83. The summed E-state index contributed by atoms with van der Waals surface area (Å²) in [5, 5.41) is 12.3. The Bertz CT molecular complexity index is 213. The van der Waals surface area contributed by atoms with Crippen molar-refractivity contribution in [2.75, 3.05) is 5.32 Å². The van der Waals surface area contributed by atoms with E-state index >= 15 is 0 Å². The van der Waals surface area contributed by atoms with Crippen LogP contribution in [0.2, 0.25) is 0 Å². The molecule has 0 saturated heterocycles. The van der Waals surface area contributed by atoms with Gasteiger partial charge in [-0.1, -0.05) is 18.2 Å². The second-order valence-corrected chi connectivity index (χ2v) is 3.05. The molecule has 0 unspecified atom stereocenters. The largest absolute Gasteiger partial charge is 0.372 e. The quantitative estimate of drug-likeness (QED) is 0.632. The Morgan fingerprint density at radius 1 is 1.18 bits per heavy atom. The molecule has 0 aliphatic rings. The molecule has 0 aliphatic carbocycles. The zero-order valence-corrected chi connectivity index (χ0v) is 6.83. The molecular weight excluding hydrogens is 138 g/mol. The molecule has 0 radical (unpaired) electrons. The van der Waals surface area contributed by atoms with Gasteiger partial charge >= 0.3 is 0 Å². The molecule has 0 amide bonds. The minimum atomic E-state index is -0.846. The lowest BCUT2D eigenvalue weighted by Crippen LogP contribution is -2.29. The second-order valence-electron chi connectivity index (χ2n) is 3.05. The molecule has 0 aliphatic heterocycles.